The molecule has 0 atom stereocenters. The molecule has 0 spiro atoms. The SMILES string of the molecule is CC(=CCc1ccccc1-c1ccccc1)C(=O)O. The highest BCUT2D eigenvalue weighted by Crippen LogP contribution is 2.24. The molecule has 0 heterocycles. The van der Waals surface area contributed by atoms with Gasteiger partial charge < -0.3 is 5.11 Å². The van der Waals surface area contributed by atoms with E-state index in [2.05, 4.69) is 18.2 Å². The van der Waals surface area contributed by atoms with Crippen molar-refractivity contribution in [2.75, 3.05) is 0 Å². The lowest BCUT2D eigenvalue weighted by Crippen LogP contribution is -1.97. The van der Waals surface area contributed by atoms with Gasteiger partial charge in [-0.05, 0) is 30.0 Å². The van der Waals surface area contributed by atoms with Gasteiger partial charge in [-0.1, -0.05) is 60.7 Å². The third kappa shape index (κ3) is 3.32. The Hall–Kier alpha value is -2.35. The highest BCUT2D eigenvalue weighted by Gasteiger charge is 2.04. The summed E-state index contributed by atoms with van der Waals surface area (Å²) in [7, 11) is 0. The first-order chi connectivity index (χ1) is 9.18. The van der Waals surface area contributed by atoms with Gasteiger partial charge in [-0.3, -0.25) is 0 Å². The summed E-state index contributed by atoms with van der Waals surface area (Å²) in [4.78, 5) is 10.8. The van der Waals surface area contributed by atoms with Crippen LogP contribution in [0.15, 0.2) is 66.2 Å². The molecule has 0 fully saturated rings. The minimum absolute atomic E-state index is 0.378. The first-order valence-electron chi connectivity index (χ1n) is 6.22. The molecule has 0 saturated carbocycles. The van der Waals surface area contributed by atoms with Crippen LogP contribution in [0.3, 0.4) is 0 Å². The van der Waals surface area contributed by atoms with Crippen LogP contribution in [-0.4, -0.2) is 11.1 Å². The molecule has 2 rings (SSSR count). The third-order valence-electron chi connectivity index (χ3n) is 3.07. The molecule has 96 valence electrons. The zero-order chi connectivity index (χ0) is 13.7. The van der Waals surface area contributed by atoms with E-state index < -0.39 is 5.97 Å². The van der Waals surface area contributed by atoms with Crippen molar-refractivity contribution in [3.05, 3.63) is 71.8 Å². The Kier molecular flexibility index (Phi) is 4.14. The van der Waals surface area contributed by atoms with Gasteiger partial charge in [0.1, 0.15) is 0 Å². The number of carboxylic acids is 1. The van der Waals surface area contributed by atoms with Crippen molar-refractivity contribution >= 4 is 5.97 Å². The minimum atomic E-state index is -0.864. The predicted molar refractivity (Wildman–Crippen MR) is 77.0 cm³/mol. The van der Waals surface area contributed by atoms with Crippen molar-refractivity contribution < 1.29 is 9.90 Å². The summed E-state index contributed by atoms with van der Waals surface area (Å²) in [6.07, 6.45) is 2.38. The second-order valence-electron chi connectivity index (χ2n) is 4.42. The van der Waals surface area contributed by atoms with Gasteiger partial charge >= 0.3 is 5.97 Å². The number of rotatable bonds is 4. The average Bonchev–Trinajstić information content (AvgIpc) is 2.46. The normalized spacial score (nSPS) is 11.3. The molecule has 0 saturated heterocycles. The van der Waals surface area contributed by atoms with Crippen LogP contribution >= 0.6 is 0 Å². The van der Waals surface area contributed by atoms with E-state index in [1.54, 1.807) is 13.0 Å². The van der Waals surface area contributed by atoms with Crippen LogP contribution < -0.4 is 0 Å². The monoisotopic (exact) mass is 252 g/mol. The molecule has 2 heteroatoms. The zero-order valence-electron chi connectivity index (χ0n) is 10.8. The van der Waals surface area contributed by atoms with E-state index in [1.165, 1.54) is 0 Å². The fraction of sp³-hybridized carbons (Fsp3) is 0.118. The lowest BCUT2D eigenvalue weighted by atomic mass is 9.97. The van der Waals surface area contributed by atoms with Crippen LogP contribution in [0.25, 0.3) is 11.1 Å². The van der Waals surface area contributed by atoms with Crippen LogP contribution in [0.4, 0.5) is 0 Å². The maximum atomic E-state index is 10.8. The maximum absolute atomic E-state index is 10.8. The van der Waals surface area contributed by atoms with E-state index in [0.717, 1.165) is 16.7 Å². The van der Waals surface area contributed by atoms with Crippen molar-refractivity contribution in [1.82, 2.24) is 0 Å². The average molecular weight is 252 g/mol. The van der Waals surface area contributed by atoms with Crippen molar-refractivity contribution in [2.45, 2.75) is 13.3 Å². The van der Waals surface area contributed by atoms with Gasteiger partial charge in [-0.15, -0.1) is 0 Å². The summed E-state index contributed by atoms with van der Waals surface area (Å²) in [6, 6.07) is 18.2. The molecule has 0 aromatic heterocycles. The number of hydrogen-bond donors (Lipinski definition) is 1. The lowest BCUT2D eigenvalue weighted by Gasteiger charge is -2.08. The largest absolute Gasteiger partial charge is 0.478 e. The van der Waals surface area contributed by atoms with Gasteiger partial charge in [0.05, 0.1) is 0 Å². The Labute approximate surface area is 113 Å². The predicted octanol–water partition coefficient (Wildman–Crippen LogP) is 3.93. The van der Waals surface area contributed by atoms with Crippen LogP contribution in [0, 0.1) is 0 Å². The Morgan fingerprint density at radius 3 is 2.37 bits per heavy atom. The van der Waals surface area contributed by atoms with Gasteiger partial charge in [0.2, 0.25) is 0 Å². The third-order valence-corrected chi connectivity index (χ3v) is 3.07. The first kappa shape index (κ1) is 13.1. The van der Waals surface area contributed by atoms with Gasteiger partial charge in [-0.2, -0.15) is 0 Å². The molecule has 1 N–H and O–H groups in total. The Bertz CT molecular complexity index is 598. The number of carboxylic acid groups (broad SMARTS) is 1. The molecular weight excluding hydrogens is 236 g/mol. The Balaban J connectivity index is 2.32. The zero-order valence-corrected chi connectivity index (χ0v) is 10.8. The number of benzene rings is 2. The standard InChI is InChI=1S/C17H16O2/c1-13(17(18)19)11-12-15-9-5-6-10-16(15)14-7-3-2-4-8-14/h2-11H,12H2,1H3,(H,18,19). The Morgan fingerprint density at radius 1 is 1.05 bits per heavy atom. The highest BCUT2D eigenvalue weighted by atomic mass is 16.4. The first-order valence-corrected chi connectivity index (χ1v) is 6.22. The van der Waals surface area contributed by atoms with E-state index in [-0.39, 0.29) is 0 Å². The van der Waals surface area contributed by atoms with E-state index in [9.17, 15) is 4.79 Å². The maximum Gasteiger partial charge on any atom is 0.330 e. The lowest BCUT2D eigenvalue weighted by molar-refractivity contribution is -0.132. The second-order valence-corrected chi connectivity index (χ2v) is 4.42. The van der Waals surface area contributed by atoms with E-state index in [1.807, 2.05) is 36.4 Å². The van der Waals surface area contributed by atoms with Crippen LogP contribution in [0.5, 0.6) is 0 Å². The van der Waals surface area contributed by atoms with E-state index in [0.29, 0.717) is 12.0 Å². The molecule has 2 nitrogen and oxygen atoms in total. The van der Waals surface area contributed by atoms with Crippen molar-refractivity contribution in [3.63, 3.8) is 0 Å². The van der Waals surface area contributed by atoms with Crippen LogP contribution in [0.1, 0.15) is 12.5 Å². The molecule has 2 aromatic rings. The van der Waals surface area contributed by atoms with Gasteiger partial charge in [0, 0.05) is 5.57 Å². The van der Waals surface area contributed by atoms with Crippen molar-refractivity contribution in [2.24, 2.45) is 0 Å². The summed E-state index contributed by atoms with van der Waals surface area (Å²) < 4.78 is 0. The van der Waals surface area contributed by atoms with E-state index in [4.69, 9.17) is 5.11 Å². The van der Waals surface area contributed by atoms with Crippen molar-refractivity contribution in [3.8, 4) is 11.1 Å². The fourth-order valence-electron chi connectivity index (χ4n) is 1.95. The molecule has 0 unspecified atom stereocenters. The summed E-state index contributed by atoms with van der Waals surface area (Å²) in [6.45, 7) is 1.62. The molecule has 0 aliphatic heterocycles. The number of carbonyl (C=O) groups is 1. The minimum Gasteiger partial charge on any atom is -0.478 e. The Morgan fingerprint density at radius 2 is 1.68 bits per heavy atom. The van der Waals surface area contributed by atoms with Gasteiger partial charge in [0.25, 0.3) is 0 Å². The topological polar surface area (TPSA) is 37.3 Å². The number of allylic oxidation sites excluding steroid dienone is 1. The summed E-state index contributed by atoms with van der Waals surface area (Å²) in [5.74, 6) is -0.864. The van der Waals surface area contributed by atoms with Crippen LogP contribution in [0.2, 0.25) is 0 Å². The molecule has 0 aliphatic rings. The summed E-state index contributed by atoms with van der Waals surface area (Å²) >= 11 is 0. The molecule has 0 bridgehead atoms. The van der Waals surface area contributed by atoms with Crippen LogP contribution in [-0.2, 0) is 11.2 Å². The molecule has 0 amide bonds. The molecule has 0 aliphatic carbocycles. The van der Waals surface area contributed by atoms with Gasteiger partial charge in [-0.25, -0.2) is 4.79 Å². The second kappa shape index (κ2) is 6.01. The number of hydrogen-bond acceptors (Lipinski definition) is 1. The molecule has 2 aromatic carbocycles. The van der Waals surface area contributed by atoms with E-state index >= 15 is 0 Å². The summed E-state index contributed by atoms with van der Waals surface area (Å²) in [5, 5.41) is 8.88. The quantitative estimate of drug-likeness (QED) is 0.837. The van der Waals surface area contributed by atoms with Crippen molar-refractivity contribution in [1.29, 1.82) is 0 Å². The molecule has 19 heavy (non-hydrogen) atoms. The molecular formula is C17H16O2. The summed E-state index contributed by atoms with van der Waals surface area (Å²) in [5.41, 5.74) is 3.81. The smallest absolute Gasteiger partial charge is 0.330 e. The van der Waals surface area contributed by atoms with Gasteiger partial charge in [0.15, 0.2) is 0 Å². The number of aliphatic carboxylic acids is 1. The highest BCUT2D eigenvalue weighted by molar-refractivity contribution is 5.85. The molecule has 0 radical (unpaired) electrons. The fourth-order valence-corrected chi connectivity index (χ4v) is 1.95.